The Morgan fingerprint density at radius 3 is 3.00 bits per heavy atom. The first kappa shape index (κ1) is 12.9. The van der Waals surface area contributed by atoms with Gasteiger partial charge in [-0.05, 0) is 32.4 Å². The summed E-state index contributed by atoms with van der Waals surface area (Å²) in [6.07, 6.45) is 1.83. The Balaban J connectivity index is 2.30. The number of ether oxygens (including phenoxy) is 1. The summed E-state index contributed by atoms with van der Waals surface area (Å²) in [5.41, 5.74) is 6.53. The average Bonchev–Trinajstić information content (AvgIpc) is 2.40. The minimum absolute atomic E-state index is 0.0287. The van der Waals surface area contributed by atoms with E-state index in [1.807, 2.05) is 31.2 Å². The van der Waals surface area contributed by atoms with Gasteiger partial charge in [0.2, 0.25) is 5.91 Å². The highest BCUT2D eigenvalue weighted by Gasteiger charge is 2.31. The van der Waals surface area contributed by atoms with Crippen LogP contribution in [0.1, 0.15) is 31.4 Å². The quantitative estimate of drug-likeness (QED) is 0.851. The Morgan fingerprint density at radius 1 is 1.50 bits per heavy atom. The molecule has 98 valence electrons. The predicted molar refractivity (Wildman–Crippen MR) is 70.3 cm³/mol. The number of hydrogen-bond donors (Lipinski definition) is 2. The van der Waals surface area contributed by atoms with Crippen LogP contribution in [0.25, 0.3) is 0 Å². The van der Waals surface area contributed by atoms with Gasteiger partial charge in [-0.3, -0.25) is 4.79 Å². The monoisotopic (exact) mass is 248 g/mol. The van der Waals surface area contributed by atoms with E-state index in [0.29, 0.717) is 6.61 Å². The van der Waals surface area contributed by atoms with Crippen molar-refractivity contribution in [3.05, 3.63) is 29.8 Å². The molecule has 1 aliphatic rings. The van der Waals surface area contributed by atoms with E-state index in [1.54, 1.807) is 0 Å². The number of nitrogens with one attached hydrogen (secondary N) is 1. The third-order valence-corrected chi connectivity index (χ3v) is 3.38. The maximum Gasteiger partial charge on any atom is 0.222 e. The molecular weight excluding hydrogens is 228 g/mol. The van der Waals surface area contributed by atoms with Crippen molar-refractivity contribution in [2.24, 2.45) is 11.7 Å². The summed E-state index contributed by atoms with van der Waals surface area (Å²) in [7, 11) is 0. The van der Waals surface area contributed by atoms with Crippen molar-refractivity contribution in [3.63, 3.8) is 0 Å². The van der Waals surface area contributed by atoms with Gasteiger partial charge in [0.05, 0.1) is 12.5 Å². The van der Waals surface area contributed by atoms with Gasteiger partial charge in [-0.2, -0.15) is 0 Å². The lowest BCUT2D eigenvalue weighted by Gasteiger charge is -2.31. The van der Waals surface area contributed by atoms with Crippen molar-refractivity contribution in [2.75, 3.05) is 13.2 Å². The van der Waals surface area contributed by atoms with Crippen LogP contribution in [-0.2, 0) is 4.79 Å². The number of carbonyl (C=O) groups excluding carboxylic acids is 1. The van der Waals surface area contributed by atoms with Crippen LogP contribution in [0.2, 0.25) is 0 Å². The molecule has 4 nitrogen and oxygen atoms in total. The number of para-hydroxylation sites is 1. The Morgan fingerprint density at radius 2 is 2.28 bits per heavy atom. The van der Waals surface area contributed by atoms with Gasteiger partial charge in [-0.25, -0.2) is 0 Å². The van der Waals surface area contributed by atoms with E-state index >= 15 is 0 Å². The molecule has 1 fully saturated rings. The van der Waals surface area contributed by atoms with Gasteiger partial charge in [0, 0.05) is 11.6 Å². The van der Waals surface area contributed by atoms with Crippen LogP contribution >= 0.6 is 0 Å². The fraction of sp³-hybridized carbons (Fsp3) is 0.500. The van der Waals surface area contributed by atoms with Crippen molar-refractivity contribution in [1.82, 2.24) is 5.32 Å². The van der Waals surface area contributed by atoms with Crippen LogP contribution in [-0.4, -0.2) is 19.1 Å². The average molecular weight is 248 g/mol. The number of carbonyl (C=O) groups is 1. The summed E-state index contributed by atoms with van der Waals surface area (Å²) < 4.78 is 5.63. The fourth-order valence-electron chi connectivity index (χ4n) is 2.55. The van der Waals surface area contributed by atoms with E-state index in [9.17, 15) is 4.79 Å². The highest BCUT2D eigenvalue weighted by molar-refractivity contribution is 5.78. The highest BCUT2D eigenvalue weighted by Crippen LogP contribution is 2.34. The third kappa shape index (κ3) is 2.64. The molecule has 0 radical (unpaired) electrons. The normalized spacial score (nSPS) is 23.6. The van der Waals surface area contributed by atoms with E-state index in [4.69, 9.17) is 10.5 Å². The van der Waals surface area contributed by atoms with Gasteiger partial charge < -0.3 is 15.8 Å². The number of piperidine rings is 1. The highest BCUT2D eigenvalue weighted by atomic mass is 16.5. The second-order valence-electron chi connectivity index (χ2n) is 4.55. The fourth-order valence-corrected chi connectivity index (χ4v) is 2.55. The topological polar surface area (TPSA) is 64.3 Å². The molecule has 0 saturated carbocycles. The van der Waals surface area contributed by atoms with Crippen molar-refractivity contribution in [2.45, 2.75) is 25.8 Å². The second-order valence-corrected chi connectivity index (χ2v) is 4.55. The van der Waals surface area contributed by atoms with Crippen molar-refractivity contribution in [1.29, 1.82) is 0 Å². The van der Waals surface area contributed by atoms with Gasteiger partial charge in [0.25, 0.3) is 0 Å². The van der Waals surface area contributed by atoms with E-state index in [0.717, 1.165) is 30.7 Å². The molecule has 0 aromatic heterocycles. The molecule has 2 atom stereocenters. The van der Waals surface area contributed by atoms with Gasteiger partial charge >= 0.3 is 0 Å². The Kier molecular flexibility index (Phi) is 4.20. The largest absolute Gasteiger partial charge is 0.494 e. The summed E-state index contributed by atoms with van der Waals surface area (Å²) in [4.78, 5) is 11.5. The van der Waals surface area contributed by atoms with E-state index in [1.165, 1.54) is 0 Å². The van der Waals surface area contributed by atoms with Crippen LogP contribution in [0.4, 0.5) is 0 Å². The zero-order chi connectivity index (χ0) is 13.0. The van der Waals surface area contributed by atoms with E-state index < -0.39 is 0 Å². The lowest BCUT2D eigenvalue weighted by atomic mass is 9.85. The zero-order valence-electron chi connectivity index (χ0n) is 10.7. The third-order valence-electron chi connectivity index (χ3n) is 3.38. The van der Waals surface area contributed by atoms with Crippen molar-refractivity contribution >= 4 is 5.91 Å². The van der Waals surface area contributed by atoms with Crippen LogP contribution in [0, 0.1) is 5.92 Å². The molecule has 0 aliphatic carbocycles. The molecule has 1 aromatic rings. The van der Waals surface area contributed by atoms with Gasteiger partial charge in [-0.15, -0.1) is 0 Å². The van der Waals surface area contributed by atoms with Crippen LogP contribution in [0.3, 0.4) is 0 Å². The first-order valence-corrected chi connectivity index (χ1v) is 6.48. The lowest BCUT2D eigenvalue weighted by molar-refractivity contribution is -0.123. The molecule has 1 aliphatic heterocycles. The Hall–Kier alpha value is -1.55. The minimum atomic E-state index is -0.237. The van der Waals surface area contributed by atoms with Crippen LogP contribution in [0.15, 0.2) is 24.3 Å². The molecule has 0 bridgehead atoms. The van der Waals surface area contributed by atoms with E-state index in [-0.39, 0.29) is 17.9 Å². The van der Waals surface area contributed by atoms with Crippen molar-refractivity contribution in [3.8, 4) is 5.75 Å². The molecule has 4 heteroatoms. The van der Waals surface area contributed by atoms with Gasteiger partial charge in [-0.1, -0.05) is 18.2 Å². The SMILES string of the molecule is CCOc1ccccc1C1NCCCC1C(N)=O. The van der Waals surface area contributed by atoms with Gasteiger partial charge in [0.1, 0.15) is 5.75 Å². The summed E-state index contributed by atoms with van der Waals surface area (Å²) in [6.45, 7) is 3.48. The smallest absolute Gasteiger partial charge is 0.222 e. The zero-order valence-corrected chi connectivity index (χ0v) is 10.7. The number of nitrogens with two attached hydrogens (primary N) is 1. The molecule has 0 spiro atoms. The summed E-state index contributed by atoms with van der Waals surface area (Å²) in [5.74, 6) is 0.449. The first-order chi connectivity index (χ1) is 8.74. The predicted octanol–water partition coefficient (Wildman–Crippen LogP) is 1.61. The van der Waals surface area contributed by atoms with E-state index in [2.05, 4.69) is 5.32 Å². The summed E-state index contributed by atoms with van der Waals surface area (Å²) >= 11 is 0. The van der Waals surface area contributed by atoms with Crippen molar-refractivity contribution < 1.29 is 9.53 Å². The Labute approximate surface area is 108 Å². The molecule has 1 saturated heterocycles. The van der Waals surface area contributed by atoms with Crippen LogP contribution < -0.4 is 15.8 Å². The molecule has 1 heterocycles. The molecule has 18 heavy (non-hydrogen) atoms. The summed E-state index contributed by atoms with van der Waals surface area (Å²) in [6, 6.07) is 7.82. The number of amides is 1. The maximum absolute atomic E-state index is 11.5. The lowest BCUT2D eigenvalue weighted by Crippen LogP contribution is -2.41. The first-order valence-electron chi connectivity index (χ1n) is 6.48. The molecule has 1 aromatic carbocycles. The second kappa shape index (κ2) is 5.87. The standard InChI is InChI=1S/C14H20N2O2/c1-2-18-12-8-4-3-6-10(12)13-11(14(15)17)7-5-9-16-13/h3-4,6,8,11,13,16H,2,5,7,9H2,1H3,(H2,15,17). The number of benzene rings is 1. The van der Waals surface area contributed by atoms with Gasteiger partial charge in [0.15, 0.2) is 0 Å². The minimum Gasteiger partial charge on any atom is -0.494 e. The molecular formula is C14H20N2O2. The number of primary amides is 1. The molecule has 2 rings (SSSR count). The molecule has 1 amide bonds. The van der Waals surface area contributed by atoms with Crippen LogP contribution in [0.5, 0.6) is 5.75 Å². The molecule has 3 N–H and O–H groups in total. The Bertz CT molecular complexity index is 420. The maximum atomic E-state index is 11.5. The number of rotatable bonds is 4. The summed E-state index contributed by atoms with van der Waals surface area (Å²) in [5, 5.41) is 3.38. The number of hydrogen-bond acceptors (Lipinski definition) is 3. The molecule has 2 unspecified atom stereocenters.